The summed E-state index contributed by atoms with van der Waals surface area (Å²) in [6.07, 6.45) is 9.53. The van der Waals surface area contributed by atoms with E-state index in [2.05, 4.69) is 31.4 Å². The second-order valence-electron chi connectivity index (χ2n) is 9.58. The maximum absolute atomic E-state index is 11.7. The minimum absolute atomic E-state index is 0. The van der Waals surface area contributed by atoms with Gasteiger partial charge in [-0.2, -0.15) is 0 Å². The molecule has 0 amide bonds. The lowest BCUT2D eigenvalue weighted by molar-refractivity contribution is 0.237. The van der Waals surface area contributed by atoms with Crippen LogP contribution in [0.5, 0.6) is 0 Å². The van der Waals surface area contributed by atoms with Crippen molar-refractivity contribution in [3.63, 3.8) is 0 Å². The smallest absolute Gasteiger partial charge is 0.191 e. The first kappa shape index (κ1) is 24.2. The number of hydrogen-bond acceptors (Lipinski definition) is 3. The van der Waals surface area contributed by atoms with Gasteiger partial charge >= 0.3 is 0 Å². The van der Waals surface area contributed by atoms with Gasteiger partial charge in [0.05, 0.1) is 11.5 Å². The number of guanidine groups is 1. The van der Waals surface area contributed by atoms with E-state index in [1.165, 1.54) is 44.9 Å². The molecule has 6 unspecified atom stereocenters. The Kier molecular flexibility index (Phi) is 9.36. The summed E-state index contributed by atoms with van der Waals surface area (Å²) >= 11 is 0. The monoisotopic (exact) mass is 525 g/mol. The normalized spacial score (nSPS) is 38.5. The highest BCUT2D eigenvalue weighted by atomic mass is 127. The van der Waals surface area contributed by atoms with Crippen LogP contribution in [0.2, 0.25) is 0 Å². The lowest BCUT2D eigenvalue weighted by Crippen LogP contribution is -2.51. The third-order valence-corrected chi connectivity index (χ3v) is 9.04. The zero-order valence-electron chi connectivity index (χ0n) is 17.8. The van der Waals surface area contributed by atoms with Crippen molar-refractivity contribution in [2.24, 2.45) is 28.7 Å². The average molecular weight is 526 g/mol. The van der Waals surface area contributed by atoms with Crippen molar-refractivity contribution in [2.75, 3.05) is 18.1 Å². The number of aliphatic imine (C=N–C) groups is 1. The van der Waals surface area contributed by atoms with Gasteiger partial charge in [0.2, 0.25) is 0 Å². The van der Waals surface area contributed by atoms with Gasteiger partial charge in [-0.25, -0.2) is 8.42 Å². The number of hydrogen-bond donors (Lipinski definition) is 2. The fraction of sp³-hybridized carbons (Fsp3) is 0.952. The van der Waals surface area contributed by atoms with Crippen molar-refractivity contribution in [3.05, 3.63) is 0 Å². The Balaban J connectivity index is 0.00000280. The summed E-state index contributed by atoms with van der Waals surface area (Å²) in [5, 5.41) is 7.42. The van der Waals surface area contributed by atoms with Crippen LogP contribution in [0.25, 0.3) is 0 Å². The Morgan fingerprint density at radius 2 is 1.68 bits per heavy atom. The van der Waals surface area contributed by atoms with Crippen LogP contribution in [0.15, 0.2) is 4.99 Å². The summed E-state index contributed by atoms with van der Waals surface area (Å²) in [6.45, 7) is 7.67. The molecule has 0 aromatic rings. The molecule has 0 aromatic carbocycles. The molecule has 1 heterocycles. The molecule has 2 aliphatic carbocycles. The van der Waals surface area contributed by atoms with Gasteiger partial charge in [0.25, 0.3) is 0 Å². The van der Waals surface area contributed by atoms with E-state index < -0.39 is 9.84 Å². The summed E-state index contributed by atoms with van der Waals surface area (Å²) in [7, 11) is -2.83. The Morgan fingerprint density at radius 3 is 2.32 bits per heavy atom. The number of rotatable bonds is 4. The van der Waals surface area contributed by atoms with Gasteiger partial charge in [0, 0.05) is 18.6 Å². The van der Waals surface area contributed by atoms with Gasteiger partial charge in [-0.3, -0.25) is 4.99 Å². The van der Waals surface area contributed by atoms with Crippen molar-refractivity contribution >= 4 is 39.8 Å². The second-order valence-corrected chi connectivity index (χ2v) is 11.8. The number of nitrogens with zero attached hydrogens (tertiary/aromatic N) is 1. The van der Waals surface area contributed by atoms with Crippen LogP contribution in [-0.4, -0.2) is 44.5 Å². The first-order valence-electron chi connectivity index (χ1n) is 11.1. The minimum Gasteiger partial charge on any atom is -0.354 e. The molecule has 1 aliphatic heterocycles. The second kappa shape index (κ2) is 10.8. The van der Waals surface area contributed by atoms with E-state index in [4.69, 9.17) is 4.99 Å². The summed E-state index contributed by atoms with van der Waals surface area (Å²) in [5.74, 6) is 3.96. The molecule has 3 aliphatic rings. The largest absolute Gasteiger partial charge is 0.354 e. The van der Waals surface area contributed by atoms with E-state index in [0.717, 1.165) is 24.2 Å². The van der Waals surface area contributed by atoms with Crippen molar-refractivity contribution in [1.82, 2.24) is 10.6 Å². The van der Waals surface area contributed by atoms with Gasteiger partial charge in [-0.15, -0.1) is 24.0 Å². The molecule has 28 heavy (non-hydrogen) atoms. The lowest BCUT2D eigenvalue weighted by Gasteiger charge is -2.35. The SMILES string of the molecule is CC1CCC(NC(=NCC2CCS(=O)(=O)C2)NC2CCCCC2C)CC1C.I. The fourth-order valence-electron chi connectivity index (χ4n) is 4.95. The van der Waals surface area contributed by atoms with Crippen LogP contribution in [0.3, 0.4) is 0 Å². The molecule has 0 radical (unpaired) electrons. The molecule has 5 nitrogen and oxygen atoms in total. The highest BCUT2D eigenvalue weighted by molar-refractivity contribution is 14.0. The zero-order valence-corrected chi connectivity index (χ0v) is 21.0. The average Bonchev–Trinajstić information content (AvgIpc) is 2.97. The molecule has 0 bridgehead atoms. The van der Waals surface area contributed by atoms with Crippen LogP contribution >= 0.6 is 24.0 Å². The predicted molar refractivity (Wildman–Crippen MR) is 128 cm³/mol. The van der Waals surface area contributed by atoms with Crippen molar-refractivity contribution in [3.8, 4) is 0 Å². The molecule has 164 valence electrons. The standard InChI is InChI=1S/C21H39N3O2S.HI/c1-15-8-9-19(12-17(15)3)23-21(24-20-7-5-4-6-16(20)2)22-13-18-10-11-27(25,26)14-18;/h15-20H,4-14H2,1-3H3,(H2,22,23,24);1H. The van der Waals surface area contributed by atoms with E-state index in [0.29, 0.717) is 36.1 Å². The van der Waals surface area contributed by atoms with Gasteiger partial charge in [-0.1, -0.05) is 33.6 Å². The molecule has 0 spiro atoms. The zero-order chi connectivity index (χ0) is 19.4. The topological polar surface area (TPSA) is 70.6 Å². The number of sulfone groups is 1. The van der Waals surface area contributed by atoms with Gasteiger partial charge < -0.3 is 10.6 Å². The van der Waals surface area contributed by atoms with E-state index in [-0.39, 0.29) is 29.9 Å². The number of halogens is 1. The lowest BCUT2D eigenvalue weighted by atomic mass is 9.79. The fourth-order valence-corrected chi connectivity index (χ4v) is 6.80. The van der Waals surface area contributed by atoms with Crippen molar-refractivity contribution in [1.29, 1.82) is 0 Å². The van der Waals surface area contributed by atoms with E-state index in [1.807, 2.05) is 0 Å². The van der Waals surface area contributed by atoms with E-state index >= 15 is 0 Å². The highest BCUT2D eigenvalue weighted by Gasteiger charge is 2.29. The van der Waals surface area contributed by atoms with Crippen LogP contribution < -0.4 is 10.6 Å². The molecular weight excluding hydrogens is 485 g/mol. The first-order chi connectivity index (χ1) is 12.8. The third-order valence-electron chi connectivity index (χ3n) is 7.21. The van der Waals surface area contributed by atoms with E-state index in [1.54, 1.807) is 0 Å². The Hall–Kier alpha value is -0.0500. The van der Waals surface area contributed by atoms with Gasteiger partial charge in [-0.05, 0) is 62.2 Å². The molecule has 1 saturated heterocycles. The number of nitrogens with one attached hydrogen (secondary N) is 2. The van der Waals surface area contributed by atoms with Crippen LogP contribution in [-0.2, 0) is 9.84 Å². The summed E-state index contributed by atoms with van der Waals surface area (Å²) in [5.41, 5.74) is 0. The summed E-state index contributed by atoms with van der Waals surface area (Å²) in [4.78, 5) is 4.87. The van der Waals surface area contributed by atoms with Gasteiger partial charge in [0.1, 0.15) is 0 Å². The Bertz CT molecular complexity index is 625. The molecule has 2 saturated carbocycles. The summed E-state index contributed by atoms with van der Waals surface area (Å²) < 4.78 is 23.5. The van der Waals surface area contributed by atoms with Crippen molar-refractivity contribution in [2.45, 2.75) is 84.2 Å². The van der Waals surface area contributed by atoms with Crippen molar-refractivity contribution < 1.29 is 8.42 Å². The molecule has 2 N–H and O–H groups in total. The van der Waals surface area contributed by atoms with E-state index in [9.17, 15) is 8.42 Å². The van der Waals surface area contributed by atoms with Crippen LogP contribution in [0.1, 0.15) is 72.1 Å². The minimum atomic E-state index is -2.83. The third kappa shape index (κ3) is 7.03. The van der Waals surface area contributed by atoms with Crippen LogP contribution in [0, 0.1) is 23.7 Å². The first-order valence-corrected chi connectivity index (χ1v) is 12.9. The van der Waals surface area contributed by atoms with Gasteiger partial charge in [0.15, 0.2) is 15.8 Å². The summed E-state index contributed by atoms with van der Waals surface area (Å²) in [6, 6.07) is 0.964. The predicted octanol–water partition coefficient (Wildman–Crippen LogP) is 3.98. The molecule has 3 fully saturated rings. The maximum atomic E-state index is 11.7. The maximum Gasteiger partial charge on any atom is 0.191 e. The molecule has 0 aromatic heterocycles. The Labute approximate surface area is 189 Å². The molecule has 6 atom stereocenters. The highest BCUT2D eigenvalue weighted by Crippen LogP contribution is 2.29. The molecule has 7 heteroatoms. The van der Waals surface area contributed by atoms with Crippen LogP contribution in [0.4, 0.5) is 0 Å². The Morgan fingerprint density at radius 1 is 0.929 bits per heavy atom. The molecule has 3 rings (SSSR count). The quantitative estimate of drug-likeness (QED) is 0.331. The molecular formula is C21H40IN3O2S.